The van der Waals surface area contributed by atoms with Gasteiger partial charge in [-0.2, -0.15) is 0 Å². The Kier molecular flexibility index (Phi) is 7.11. The summed E-state index contributed by atoms with van der Waals surface area (Å²) < 4.78 is 37.7. The van der Waals surface area contributed by atoms with E-state index in [0.717, 1.165) is 0 Å². The fraction of sp³-hybridized carbons (Fsp3) is 0.130. The first kappa shape index (κ1) is 22.8. The summed E-state index contributed by atoms with van der Waals surface area (Å²) >= 11 is 0. The van der Waals surface area contributed by atoms with Gasteiger partial charge >= 0.3 is 5.97 Å². The number of hydrogen-bond donors (Lipinski definition) is 2. The summed E-state index contributed by atoms with van der Waals surface area (Å²) in [6.45, 7) is 1.44. The Balaban J connectivity index is 1.60. The Morgan fingerprint density at radius 2 is 1.47 bits per heavy atom. The molecule has 0 heterocycles. The predicted octanol–water partition coefficient (Wildman–Crippen LogP) is 3.68. The van der Waals surface area contributed by atoms with Gasteiger partial charge in [-0.25, -0.2) is 13.2 Å². The smallest absolute Gasteiger partial charge is 0.338 e. The number of nitrogens with one attached hydrogen (secondary N) is 2. The summed E-state index contributed by atoms with van der Waals surface area (Å²) in [5.41, 5.74) is 1.07. The van der Waals surface area contributed by atoms with Crippen LogP contribution in [-0.2, 0) is 19.6 Å². The number of sulfonamides is 1. The van der Waals surface area contributed by atoms with E-state index in [1.54, 1.807) is 54.6 Å². The lowest BCUT2D eigenvalue weighted by Gasteiger charge is -2.14. The van der Waals surface area contributed by atoms with Crippen LogP contribution in [0.5, 0.6) is 5.75 Å². The summed E-state index contributed by atoms with van der Waals surface area (Å²) in [7, 11) is -2.27. The molecule has 1 atom stereocenters. The lowest BCUT2D eigenvalue weighted by molar-refractivity contribution is -0.123. The Morgan fingerprint density at radius 1 is 0.844 bits per heavy atom. The molecule has 0 radical (unpaired) electrons. The summed E-state index contributed by atoms with van der Waals surface area (Å²) in [5, 5.41) is 2.64. The monoisotopic (exact) mass is 454 g/mol. The minimum absolute atomic E-state index is 0.0109. The van der Waals surface area contributed by atoms with Crippen molar-refractivity contribution >= 4 is 33.3 Å². The number of carbonyl (C=O) groups excluding carboxylic acids is 2. The van der Waals surface area contributed by atoms with Crippen molar-refractivity contribution in [3.05, 3.63) is 84.4 Å². The van der Waals surface area contributed by atoms with Crippen LogP contribution in [0.4, 0.5) is 11.4 Å². The van der Waals surface area contributed by atoms with Crippen molar-refractivity contribution in [2.45, 2.75) is 17.9 Å². The van der Waals surface area contributed by atoms with Gasteiger partial charge in [0, 0.05) is 11.4 Å². The Bertz CT molecular complexity index is 1180. The zero-order valence-corrected chi connectivity index (χ0v) is 18.3. The predicted molar refractivity (Wildman–Crippen MR) is 120 cm³/mol. The second kappa shape index (κ2) is 9.97. The first-order valence-electron chi connectivity index (χ1n) is 9.62. The van der Waals surface area contributed by atoms with Crippen molar-refractivity contribution in [3.8, 4) is 5.75 Å². The van der Waals surface area contributed by atoms with E-state index in [9.17, 15) is 18.0 Å². The van der Waals surface area contributed by atoms with E-state index < -0.39 is 28.0 Å². The SMILES string of the molecule is COc1ccc(NC(=O)C(C)OC(=O)c2ccc(S(=O)(=O)Nc3ccccc3)cc2)cc1. The molecule has 166 valence electrons. The van der Waals surface area contributed by atoms with Crippen LogP contribution in [0.25, 0.3) is 0 Å². The van der Waals surface area contributed by atoms with Crippen LogP contribution in [0.15, 0.2) is 83.8 Å². The van der Waals surface area contributed by atoms with Crippen LogP contribution in [0.2, 0.25) is 0 Å². The highest BCUT2D eigenvalue weighted by Crippen LogP contribution is 2.18. The average Bonchev–Trinajstić information content (AvgIpc) is 2.80. The molecule has 0 aliphatic carbocycles. The van der Waals surface area contributed by atoms with Crippen molar-refractivity contribution < 1.29 is 27.5 Å². The van der Waals surface area contributed by atoms with Gasteiger partial charge in [0.2, 0.25) is 0 Å². The van der Waals surface area contributed by atoms with Gasteiger partial charge in [-0.3, -0.25) is 9.52 Å². The van der Waals surface area contributed by atoms with E-state index in [-0.39, 0.29) is 10.5 Å². The number of ether oxygens (including phenoxy) is 2. The normalized spacial score (nSPS) is 11.8. The average molecular weight is 455 g/mol. The molecule has 0 aliphatic heterocycles. The van der Waals surface area contributed by atoms with Crippen molar-refractivity contribution in [1.82, 2.24) is 0 Å². The minimum atomic E-state index is -3.81. The molecular formula is C23H22N2O6S. The molecule has 0 aliphatic rings. The minimum Gasteiger partial charge on any atom is -0.497 e. The van der Waals surface area contributed by atoms with E-state index in [1.807, 2.05) is 0 Å². The van der Waals surface area contributed by atoms with Gasteiger partial charge in [-0.15, -0.1) is 0 Å². The van der Waals surface area contributed by atoms with Crippen molar-refractivity contribution in [2.24, 2.45) is 0 Å². The fourth-order valence-electron chi connectivity index (χ4n) is 2.69. The maximum Gasteiger partial charge on any atom is 0.338 e. The molecule has 3 rings (SSSR count). The Morgan fingerprint density at radius 3 is 2.06 bits per heavy atom. The first-order chi connectivity index (χ1) is 15.3. The van der Waals surface area contributed by atoms with Crippen LogP contribution in [0, 0.1) is 0 Å². The van der Waals surface area contributed by atoms with Crippen LogP contribution in [0.3, 0.4) is 0 Å². The van der Waals surface area contributed by atoms with Gasteiger partial charge in [0.15, 0.2) is 6.10 Å². The maximum atomic E-state index is 12.5. The number of hydrogen-bond acceptors (Lipinski definition) is 6. The summed E-state index contributed by atoms with van der Waals surface area (Å²) in [6, 6.07) is 20.4. The van der Waals surface area contributed by atoms with E-state index in [1.165, 1.54) is 38.3 Å². The van der Waals surface area contributed by atoms with Crippen LogP contribution in [-0.4, -0.2) is 33.5 Å². The van der Waals surface area contributed by atoms with Gasteiger partial charge in [-0.1, -0.05) is 18.2 Å². The molecule has 2 N–H and O–H groups in total. The second-order valence-electron chi connectivity index (χ2n) is 6.76. The van der Waals surface area contributed by atoms with Crippen molar-refractivity contribution in [3.63, 3.8) is 0 Å². The first-order valence-corrected chi connectivity index (χ1v) is 11.1. The molecule has 1 amide bonds. The number of rotatable bonds is 8. The van der Waals surface area contributed by atoms with E-state index >= 15 is 0 Å². The van der Waals surface area contributed by atoms with E-state index in [4.69, 9.17) is 9.47 Å². The van der Waals surface area contributed by atoms with E-state index in [2.05, 4.69) is 10.0 Å². The number of esters is 1. The third-order valence-corrected chi connectivity index (χ3v) is 5.83. The lowest BCUT2D eigenvalue weighted by atomic mass is 10.2. The zero-order chi connectivity index (χ0) is 23.1. The van der Waals surface area contributed by atoms with Crippen LogP contribution >= 0.6 is 0 Å². The molecule has 32 heavy (non-hydrogen) atoms. The number of methoxy groups -OCH3 is 1. The number of carbonyl (C=O) groups is 2. The van der Waals surface area contributed by atoms with Gasteiger partial charge in [0.05, 0.1) is 17.6 Å². The number of benzene rings is 3. The zero-order valence-electron chi connectivity index (χ0n) is 17.4. The van der Waals surface area contributed by atoms with Gasteiger partial charge in [0.25, 0.3) is 15.9 Å². The van der Waals surface area contributed by atoms with Crippen molar-refractivity contribution in [2.75, 3.05) is 17.1 Å². The van der Waals surface area contributed by atoms with Crippen LogP contribution in [0.1, 0.15) is 17.3 Å². The lowest BCUT2D eigenvalue weighted by Crippen LogP contribution is -2.30. The Labute approximate surface area is 186 Å². The summed E-state index contributed by atoms with van der Waals surface area (Å²) in [5.74, 6) is -0.607. The molecule has 0 spiro atoms. The molecule has 1 unspecified atom stereocenters. The molecular weight excluding hydrogens is 432 g/mol. The molecule has 3 aromatic carbocycles. The maximum absolute atomic E-state index is 12.5. The molecule has 0 bridgehead atoms. The number of amides is 1. The third kappa shape index (κ3) is 5.86. The molecule has 0 saturated heterocycles. The molecule has 0 fully saturated rings. The van der Waals surface area contributed by atoms with Crippen LogP contribution < -0.4 is 14.8 Å². The highest BCUT2D eigenvalue weighted by molar-refractivity contribution is 7.92. The van der Waals surface area contributed by atoms with Gasteiger partial charge in [0.1, 0.15) is 5.75 Å². The van der Waals surface area contributed by atoms with Gasteiger partial charge in [-0.05, 0) is 67.6 Å². The molecule has 9 heteroatoms. The largest absolute Gasteiger partial charge is 0.497 e. The molecule has 8 nitrogen and oxygen atoms in total. The fourth-order valence-corrected chi connectivity index (χ4v) is 3.75. The molecule has 0 saturated carbocycles. The quantitative estimate of drug-likeness (QED) is 0.503. The molecule has 3 aromatic rings. The third-order valence-electron chi connectivity index (χ3n) is 4.44. The summed E-state index contributed by atoms with van der Waals surface area (Å²) in [4.78, 5) is 24.6. The molecule has 0 aromatic heterocycles. The second-order valence-corrected chi connectivity index (χ2v) is 8.44. The highest BCUT2D eigenvalue weighted by atomic mass is 32.2. The Hall–Kier alpha value is -3.85. The topological polar surface area (TPSA) is 111 Å². The van der Waals surface area contributed by atoms with Crippen molar-refractivity contribution in [1.29, 1.82) is 0 Å². The highest BCUT2D eigenvalue weighted by Gasteiger charge is 2.20. The summed E-state index contributed by atoms with van der Waals surface area (Å²) in [6.07, 6.45) is -1.06. The van der Waals surface area contributed by atoms with E-state index in [0.29, 0.717) is 17.1 Å². The number of anilines is 2. The van der Waals surface area contributed by atoms with Gasteiger partial charge < -0.3 is 14.8 Å². The number of para-hydroxylation sites is 1. The standard InChI is InChI=1S/C23H22N2O6S/c1-16(22(26)24-18-10-12-20(30-2)13-11-18)31-23(27)17-8-14-21(15-9-17)32(28,29)25-19-6-4-3-5-7-19/h3-16,25H,1-2H3,(H,24,26).